The highest BCUT2D eigenvalue weighted by molar-refractivity contribution is 5.70. The number of ether oxygens (including phenoxy) is 3. The summed E-state index contributed by atoms with van der Waals surface area (Å²) >= 11 is 0. The van der Waals surface area contributed by atoms with Gasteiger partial charge in [0.2, 0.25) is 0 Å². The van der Waals surface area contributed by atoms with E-state index in [0.717, 1.165) is 70.6 Å². The molecule has 0 rings (SSSR count). The van der Waals surface area contributed by atoms with E-state index in [2.05, 4.69) is 57.2 Å². The molecule has 0 aromatic heterocycles. The number of unbranched alkanes of at least 4 members (excludes halogenated alkanes) is 24. The van der Waals surface area contributed by atoms with Crippen LogP contribution in [0.5, 0.6) is 0 Å². The molecule has 0 heterocycles. The molecule has 0 N–H and O–H groups in total. The zero-order valence-electron chi connectivity index (χ0n) is 34.8. The van der Waals surface area contributed by atoms with E-state index < -0.39 is 6.10 Å². The van der Waals surface area contributed by atoms with Crippen LogP contribution in [0.1, 0.15) is 226 Å². The Hall–Kier alpha value is -1.88. The number of carbonyl (C=O) groups is 2. The molecule has 0 aliphatic carbocycles. The van der Waals surface area contributed by atoms with E-state index in [1.807, 2.05) is 0 Å². The summed E-state index contributed by atoms with van der Waals surface area (Å²) in [6.45, 7) is 7.62. The van der Waals surface area contributed by atoms with Crippen molar-refractivity contribution in [2.24, 2.45) is 0 Å². The summed E-state index contributed by atoms with van der Waals surface area (Å²) in [5, 5.41) is 0. The monoisotopic (exact) mass is 731 g/mol. The molecular weight excluding hydrogens is 645 g/mol. The third kappa shape index (κ3) is 40.9. The Bertz CT molecular complexity index is 832. The first kappa shape index (κ1) is 50.1. The number of hydrogen-bond acceptors (Lipinski definition) is 5. The molecule has 0 aliphatic heterocycles. The summed E-state index contributed by atoms with van der Waals surface area (Å²) in [5.74, 6) is -0.415. The van der Waals surface area contributed by atoms with Crippen molar-refractivity contribution >= 4 is 11.9 Å². The molecule has 0 amide bonds. The van der Waals surface area contributed by atoms with Gasteiger partial charge in [0.1, 0.15) is 6.61 Å². The minimum atomic E-state index is -0.538. The number of allylic oxidation sites excluding steroid dienone is 6. The molecule has 0 bridgehead atoms. The number of hydrogen-bond donors (Lipinski definition) is 0. The fourth-order valence-corrected chi connectivity index (χ4v) is 6.35. The largest absolute Gasteiger partial charge is 0.462 e. The number of carbonyl (C=O) groups excluding carboxylic acids is 2. The molecular formula is C47H86O5. The standard InChI is InChI=1S/C47H86O5/c1-4-7-10-13-15-17-19-21-23-24-25-26-28-30-32-35-37-40-46(48)51-44-45(52-47(49)41-38-34-12-9-6-3)43-50-42-39-36-33-31-29-27-22-20-18-16-14-11-8-5-2/h8,11,16,18,22,27,45H,4-7,9-10,12-15,17,19-21,23-26,28-44H2,1-3H3/b11-8-,18-16-,27-22-. The predicted octanol–water partition coefficient (Wildman–Crippen LogP) is 14.7. The molecule has 5 heteroatoms. The second-order valence-electron chi connectivity index (χ2n) is 14.9. The fraction of sp³-hybridized carbons (Fsp3) is 0.830. The summed E-state index contributed by atoms with van der Waals surface area (Å²) in [4.78, 5) is 25.0. The van der Waals surface area contributed by atoms with E-state index in [-0.39, 0.29) is 25.2 Å². The van der Waals surface area contributed by atoms with Crippen LogP contribution in [0, 0.1) is 0 Å². The van der Waals surface area contributed by atoms with Crippen LogP contribution in [0.15, 0.2) is 36.5 Å². The molecule has 0 saturated carbocycles. The molecule has 0 aliphatic rings. The lowest BCUT2D eigenvalue weighted by Crippen LogP contribution is -2.30. The Labute approximate surface area is 323 Å². The van der Waals surface area contributed by atoms with Crippen LogP contribution in [-0.4, -0.2) is 37.9 Å². The summed E-state index contributed by atoms with van der Waals surface area (Å²) in [7, 11) is 0. The van der Waals surface area contributed by atoms with Gasteiger partial charge in [-0.1, -0.05) is 198 Å². The first-order valence-corrected chi connectivity index (χ1v) is 22.5. The topological polar surface area (TPSA) is 61.8 Å². The van der Waals surface area contributed by atoms with E-state index in [9.17, 15) is 9.59 Å². The third-order valence-electron chi connectivity index (χ3n) is 9.69. The lowest BCUT2D eigenvalue weighted by molar-refractivity contribution is -0.163. The van der Waals surface area contributed by atoms with E-state index in [1.165, 1.54) is 122 Å². The average molecular weight is 731 g/mol. The van der Waals surface area contributed by atoms with Gasteiger partial charge < -0.3 is 14.2 Å². The van der Waals surface area contributed by atoms with Crippen molar-refractivity contribution in [3.8, 4) is 0 Å². The normalized spacial score (nSPS) is 12.4. The molecule has 1 atom stereocenters. The highest BCUT2D eigenvalue weighted by Crippen LogP contribution is 2.15. The number of rotatable bonds is 41. The van der Waals surface area contributed by atoms with Gasteiger partial charge in [-0.2, -0.15) is 0 Å². The maximum absolute atomic E-state index is 12.5. The van der Waals surface area contributed by atoms with Gasteiger partial charge in [-0.15, -0.1) is 0 Å². The lowest BCUT2D eigenvalue weighted by atomic mass is 10.0. The first-order chi connectivity index (χ1) is 25.6. The molecule has 0 fully saturated rings. The quantitative estimate of drug-likeness (QED) is 0.0356. The van der Waals surface area contributed by atoms with Crippen LogP contribution in [0.2, 0.25) is 0 Å². The minimum absolute atomic E-state index is 0.0797. The van der Waals surface area contributed by atoms with Crippen LogP contribution >= 0.6 is 0 Å². The van der Waals surface area contributed by atoms with Gasteiger partial charge in [-0.3, -0.25) is 9.59 Å². The van der Waals surface area contributed by atoms with Crippen LogP contribution < -0.4 is 0 Å². The van der Waals surface area contributed by atoms with Crippen molar-refractivity contribution in [1.82, 2.24) is 0 Å². The van der Waals surface area contributed by atoms with Crippen LogP contribution in [0.3, 0.4) is 0 Å². The summed E-state index contributed by atoms with van der Waals surface area (Å²) in [6.07, 6.45) is 50.3. The summed E-state index contributed by atoms with van der Waals surface area (Å²) in [5.41, 5.74) is 0. The predicted molar refractivity (Wildman–Crippen MR) is 224 cm³/mol. The van der Waals surface area contributed by atoms with Gasteiger partial charge in [0.05, 0.1) is 6.61 Å². The molecule has 0 aromatic carbocycles. The highest BCUT2D eigenvalue weighted by Gasteiger charge is 2.17. The SMILES string of the molecule is CC/C=C\C/C=C\C/C=C\CCCCCCOCC(COC(=O)CCCCCCCCCCCCCCCCCCC)OC(=O)CCCCCCC. The Morgan fingerprint density at radius 2 is 0.865 bits per heavy atom. The van der Waals surface area contributed by atoms with Gasteiger partial charge >= 0.3 is 11.9 Å². The Morgan fingerprint density at radius 3 is 1.38 bits per heavy atom. The molecule has 0 radical (unpaired) electrons. The molecule has 0 aromatic rings. The molecule has 1 unspecified atom stereocenters. The number of esters is 2. The molecule has 0 spiro atoms. The third-order valence-corrected chi connectivity index (χ3v) is 9.69. The maximum atomic E-state index is 12.5. The molecule has 52 heavy (non-hydrogen) atoms. The van der Waals surface area contributed by atoms with E-state index >= 15 is 0 Å². The van der Waals surface area contributed by atoms with Gasteiger partial charge in [-0.25, -0.2) is 0 Å². The van der Waals surface area contributed by atoms with E-state index in [0.29, 0.717) is 19.4 Å². The molecule has 0 saturated heterocycles. The van der Waals surface area contributed by atoms with Crippen molar-refractivity contribution in [3.63, 3.8) is 0 Å². The molecule has 304 valence electrons. The van der Waals surface area contributed by atoms with Crippen molar-refractivity contribution < 1.29 is 23.8 Å². The van der Waals surface area contributed by atoms with Crippen molar-refractivity contribution in [1.29, 1.82) is 0 Å². The van der Waals surface area contributed by atoms with E-state index in [1.54, 1.807) is 0 Å². The second kappa shape index (κ2) is 43.5. The zero-order valence-corrected chi connectivity index (χ0v) is 34.8. The molecule has 5 nitrogen and oxygen atoms in total. The first-order valence-electron chi connectivity index (χ1n) is 22.5. The Balaban J connectivity index is 4.05. The van der Waals surface area contributed by atoms with Crippen molar-refractivity contribution in [3.05, 3.63) is 36.5 Å². The summed E-state index contributed by atoms with van der Waals surface area (Å²) in [6, 6.07) is 0. The zero-order chi connectivity index (χ0) is 37.8. The average Bonchev–Trinajstić information content (AvgIpc) is 3.14. The lowest BCUT2D eigenvalue weighted by Gasteiger charge is -2.18. The smallest absolute Gasteiger partial charge is 0.306 e. The van der Waals surface area contributed by atoms with Gasteiger partial charge in [0.25, 0.3) is 0 Å². The Morgan fingerprint density at radius 1 is 0.442 bits per heavy atom. The summed E-state index contributed by atoms with van der Waals surface area (Å²) < 4.78 is 17.2. The van der Waals surface area contributed by atoms with Gasteiger partial charge in [0.15, 0.2) is 6.10 Å². The highest BCUT2D eigenvalue weighted by atomic mass is 16.6. The van der Waals surface area contributed by atoms with Crippen LogP contribution in [0.4, 0.5) is 0 Å². The van der Waals surface area contributed by atoms with Gasteiger partial charge in [-0.05, 0) is 51.4 Å². The van der Waals surface area contributed by atoms with Crippen molar-refractivity contribution in [2.45, 2.75) is 232 Å². The van der Waals surface area contributed by atoms with Crippen LogP contribution in [0.25, 0.3) is 0 Å². The van der Waals surface area contributed by atoms with Crippen LogP contribution in [-0.2, 0) is 23.8 Å². The van der Waals surface area contributed by atoms with Crippen molar-refractivity contribution in [2.75, 3.05) is 19.8 Å². The Kier molecular flexibility index (Phi) is 42.0. The fourth-order valence-electron chi connectivity index (χ4n) is 6.35. The minimum Gasteiger partial charge on any atom is -0.462 e. The maximum Gasteiger partial charge on any atom is 0.306 e. The van der Waals surface area contributed by atoms with E-state index in [4.69, 9.17) is 14.2 Å². The second-order valence-corrected chi connectivity index (χ2v) is 14.9. The van der Waals surface area contributed by atoms with Gasteiger partial charge in [0, 0.05) is 19.4 Å².